The molecule has 0 spiro atoms. The van der Waals surface area contributed by atoms with Crippen LogP contribution in [-0.4, -0.2) is 28.3 Å². The Kier molecular flexibility index (Phi) is 4.34. The Morgan fingerprint density at radius 3 is 2.53 bits per heavy atom. The number of hydrogen-bond donors (Lipinski definition) is 2. The zero-order valence-electron chi connectivity index (χ0n) is 9.01. The molecule has 1 atom stereocenters. The number of aromatic carboxylic acids is 1. The predicted molar refractivity (Wildman–Crippen MR) is 60.8 cm³/mol. The van der Waals surface area contributed by atoms with Crippen molar-refractivity contribution in [3.8, 4) is 5.75 Å². The van der Waals surface area contributed by atoms with Crippen LogP contribution in [0.5, 0.6) is 5.75 Å². The number of rotatable bonds is 5. The number of carboxylic acids is 2. The number of hydrogen-bond acceptors (Lipinski definition) is 3. The third kappa shape index (κ3) is 3.35. The Hall–Kier alpha value is -1.75. The summed E-state index contributed by atoms with van der Waals surface area (Å²) in [5, 5.41) is 18.0. The molecule has 5 nitrogen and oxygen atoms in total. The molecule has 92 valence electrons. The Bertz CT molecular complexity index is 443. The van der Waals surface area contributed by atoms with Gasteiger partial charge in [-0.15, -0.1) is 0 Å². The molecule has 0 aliphatic carbocycles. The summed E-state index contributed by atoms with van der Waals surface area (Å²) >= 11 is 5.66. The highest BCUT2D eigenvalue weighted by atomic mass is 35.5. The van der Waals surface area contributed by atoms with E-state index in [-0.39, 0.29) is 22.8 Å². The summed E-state index contributed by atoms with van der Waals surface area (Å²) in [7, 11) is 0. The molecule has 0 saturated carbocycles. The van der Waals surface area contributed by atoms with Gasteiger partial charge in [0.05, 0.1) is 0 Å². The molecule has 2 N–H and O–H groups in total. The van der Waals surface area contributed by atoms with Gasteiger partial charge in [-0.25, -0.2) is 9.59 Å². The van der Waals surface area contributed by atoms with E-state index in [0.29, 0.717) is 0 Å². The smallest absolute Gasteiger partial charge is 0.344 e. The molecule has 0 radical (unpaired) electrons. The lowest BCUT2D eigenvalue weighted by molar-refractivity contribution is -0.145. The second kappa shape index (κ2) is 5.54. The Labute approximate surface area is 103 Å². The quantitative estimate of drug-likeness (QED) is 0.846. The summed E-state index contributed by atoms with van der Waals surface area (Å²) in [6.45, 7) is 1.63. The first-order valence-corrected chi connectivity index (χ1v) is 5.25. The summed E-state index contributed by atoms with van der Waals surface area (Å²) in [6.07, 6.45) is -0.842. The minimum Gasteiger partial charge on any atom is -0.479 e. The van der Waals surface area contributed by atoms with E-state index in [1.54, 1.807) is 6.92 Å². The molecule has 0 fully saturated rings. The monoisotopic (exact) mass is 258 g/mol. The second-order valence-corrected chi connectivity index (χ2v) is 3.74. The number of benzene rings is 1. The number of carbonyl (C=O) groups is 2. The van der Waals surface area contributed by atoms with Crippen LogP contribution in [0.1, 0.15) is 23.7 Å². The van der Waals surface area contributed by atoms with Gasteiger partial charge in [0.15, 0.2) is 6.10 Å². The van der Waals surface area contributed by atoms with Crippen LogP contribution in [0.3, 0.4) is 0 Å². The molecule has 1 aromatic rings. The average molecular weight is 259 g/mol. The highest BCUT2D eigenvalue weighted by Gasteiger charge is 2.20. The average Bonchev–Trinajstić information content (AvgIpc) is 2.26. The highest BCUT2D eigenvalue weighted by Crippen LogP contribution is 2.24. The van der Waals surface area contributed by atoms with E-state index < -0.39 is 18.0 Å². The lowest BCUT2D eigenvalue weighted by atomic mass is 10.2. The SMILES string of the molecule is CCC(Oc1ccc(Cl)cc1C(=O)O)C(=O)O. The van der Waals surface area contributed by atoms with Crippen LogP contribution < -0.4 is 4.74 Å². The standard InChI is InChI=1S/C11H11ClO5/c1-2-8(11(15)16)17-9-4-3-6(12)5-7(9)10(13)14/h3-5,8H,2H2,1H3,(H,13,14)(H,15,16). The van der Waals surface area contributed by atoms with E-state index in [1.165, 1.54) is 18.2 Å². The van der Waals surface area contributed by atoms with E-state index >= 15 is 0 Å². The summed E-state index contributed by atoms with van der Waals surface area (Å²) in [5.41, 5.74) is -0.155. The van der Waals surface area contributed by atoms with Crippen LogP contribution in [0.2, 0.25) is 5.02 Å². The van der Waals surface area contributed by atoms with Crippen molar-refractivity contribution in [2.45, 2.75) is 19.4 Å². The zero-order chi connectivity index (χ0) is 13.0. The molecule has 6 heteroatoms. The van der Waals surface area contributed by atoms with Crippen molar-refractivity contribution in [2.24, 2.45) is 0 Å². The minimum atomic E-state index is -1.22. The molecule has 0 bridgehead atoms. The van der Waals surface area contributed by atoms with Gasteiger partial charge in [0, 0.05) is 5.02 Å². The maximum Gasteiger partial charge on any atom is 0.344 e. The summed E-state index contributed by atoms with van der Waals surface area (Å²) < 4.78 is 5.13. The predicted octanol–water partition coefficient (Wildman–Crippen LogP) is 2.28. The summed E-state index contributed by atoms with van der Waals surface area (Å²) in [4.78, 5) is 21.7. The van der Waals surface area contributed by atoms with Gasteiger partial charge in [0.1, 0.15) is 11.3 Å². The third-order valence-electron chi connectivity index (χ3n) is 2.09. The number of aliphatic carboxylic acids is 1. The molecular formula is C11H11ClO5. The molecule has 1 unspecified atom stereocenters. The van der Waals surface area contributed by atoms with Gasteiger partial charge in [-0.1, -0.05) is 18.5 Å². The molecule has 0 heterocycles. The summed E-state index contributed by atoms with van der Waals surface area (Å²) in [6, 6.07) is 4.00. The highest BCUT2D eigenvalue weighted by molar-refractivity contribution is 6.31. The fraction of sp³-hybridized carbons (Fsp3) is 0.273. The van der Waals surface area contributed by atoms with Crippen LogP contribution in [0, 0.1) is 0 Å². The van der Waals surface area contributed by atoms with E-state index in [0.717, 1.165) is 0 Å². The van der Waals surface area contributed by atoms with Gasteiger partial charge in [-0.05, 0) is 24.6 Å². The van der Waals surface area contributed by atoms with Crippen LogP contribution in [0.15, 0.2) is 18.2 Å². The molecule has 1 aromatic carbocycles. The number of ether oxygens (including phenoxy) is 1. The topological polar surface area (TPSA) is 83.8 Å². The third-order valence-corrected chi connectivity index (χ3v) is 2.32. The molecule has 0 amide bonds. The maximum atomic E-state index is 10.9. The fourth-order valence-electron chi connectivity index (χ4n) is 1.23. The minimum absolute atomic E-state index is 0.00356. The normalized spacial score (nSPS) is 11.9. The van der Waals surface area contributed by atoms with E-state index in [4.69, 9.17) is 26.6 Å². The summed E-state index contributed by atoms with van der Waals surface area (Å²) in [5.74, 6) is -2.36. The largest absolute Gasteiger partial charge is 0.479 e. The van der Waals surface area contributed by atoms with Crippen LogP contribution in [0.25, 0.3) is 0 Å². The Morgan fingerprint density at radius 2 is 2.06 bits per heavy atom. The van der Waals surface area contributed by atoms with Crippen LogP contribution in [-0.2, 0) is 4.79 Å². The molecule has 1 rings (SSSR count). The van der Waals surface area contributed by atoms with Gasteiger partial charge in [-0.2, -0.15) is 0 Å². The molecular weight excluding hydrogens is 248 g/mol. The van der Waals surface area contributed by atoms with Gasteiger partial charge in [0.2, 0.25) is 0 Å². The molecule has 0 aliphatic rings. The van der Waals surface area contributed by atoms with Crippen molar-refractivity contribution in [1.29, 1.82) is 0 Å². The first-order chi connectivity index (χ1) is 7.95. The van der Waals surface area contributed by atoms with E-state index in [1.807, 2.05) is 0 Å². The van der Waals surface area contributed by atoms with Crippen molar-refractivity contribution >= 4 is 23.5 Å². The van der Waals surface area contributed by atoms with E-state index in [9.17, 15) is 9.59 Å². The number of halogens is 1. The second-order valence-electron chi connectivity index (χ2n) is 3.30. The Balaban J connectivity index is 3.05. The van der Waals surface area contributed by atoms with Gasteiger partial charge in [0.25, 0.3) is 0 Å². The van der Waals surface area contributed by atoms with Gasteiger partial charge < -0.3 is 14.9 Å². The lowest BCUT2D eigenvalue weighted by Crippen LogP contribution is -2.26. The Morgan fingerprint density at radius 1 is 1.41 bits per heavy atom. The lowest BCUT2D eigenvalue weighted by Gasteiger charge is -2.14. The fourth-order valence-corrected chi connectivity index (χ4v) is 1.41. The molecule has 0 aliphatic heterocycles. The van der Waals surface area contributed by atoms with Crippen LogP contribution >= 0.6 is 11.6 Å². The van der Waals surface area contributed by atoms with Gasteiger partial charge in [-0.3, -0.25) is 0 Å². The first-order valence-electron chi connectivity index (χ1n) is 4.88. The first kappa shape index (κ1) is 13.3. The van der Waals surface area contributed by atoms with Crippen molar-refractivity contribution in [2.75, 3.05) is 0 Å². The number of carboxylic acid groups (broad SMARTS) is 2. The van der Waals surface area contributed by atoms with Crippen LogP contribution in [0.4, 0.5) is 0 Å². The van der Waals surface area contributed by atoms with E-state index in [2.05, 4.69) is 0 Å². The molecule has 17 heavy (non-hydrogen) atoms. The van der Waals surface area contributed by atoms with Crippen molar-refractivity contribution in [1.82, 2.24) is 0 Å². The maximum absolute atomic E-state index is 10.9. The van der Waals surface area contributed by atoms with Crippen molar-refractivity contribution < 1.29 is 24.5 Å². The molecule has 0 saturated heterocycles. The molecule has 0 aromatic heterocycles. The van der Waals surface area contributed by atoms with Crippen molar-refractivity contribution in [3.63, 3.8) is 0 Å². The zero-order valence-corrected chi connectivity index (χ0v) is 9.77. The van der Waals surface area contributed by atoms with Crippen molar-refractivity contribution in [3.05, 3.63) is 28.8 Å². The van der Waals surface area contributed by atoms with Gasteiger partial charge >= 0.3 is 11.9 Å².